The number of ether oxygens (including phenoxy) is 1. The van der Waals surface area contributed by atoms with Crippen LogP contribution in [0.25, 0.3) is 11.3 Å². The Hall–Kier alpha value is -1.37. The van der Waals surface area contributed by atoms with Crippen molar-refractivity contribution in [1.82, 2.24) is 4.98 Å². The molecule has 0 saturated carbocycles. The van der Waals surface area contributed by atoms with Crippen LogP contribution in [0.1, 0.15) is 10.9 Å². The molecule has 1 aliphatic rings. The summed E-state index contributed by atoms with van der Waals surface area (Å²) in [4.78, 5) is 4.95. The van der Waals surface area contributed by atoms with Gasteiger partial charge in [0.1, 0.15) is 22.7 Å². The van der Waals surface area contributed by atoms with E-state index in [2.05, 4.69) is 4.98 Å². The predicted molar refractivity (Wildman–Crippen MR) is 120 cm³/mol. The molecule has 0 radical (unpaired) electrons. The number of hydrogen-bond acceptors (Lipinski definition) is 7. The van der Waals surface area contributed by atoms with E-state index in [9.17, 15) is 28.5 Å². The lowest BCUT2D eigenvalue weighted by Crippen LogP contribution is -2.52. The van der Waals surface area contributed by atoms with Gasteiger partial charge in [-0.3, -0.25) is 0 Å². The first kappa shape index (κ1) is 24.7. The molecule has 1 aliphatic heterocycles. The Bertz CT molecular complexity index is 1150. The first-order chi connectivity index (χ1) is 15.7. The molecule has 1 fully saturated rings. The van der Waals surface area contributed by atoms with E-state index < -0.39 is 53.7 Å². The van der Waals surface area contributed by atoms with Gasteiger partial charge in [0.25, 0.3) is 0 Å². The standard InChI is InChI=1S/C21H16Cl2F3NO4S2/c22-10-2-1-9(5-11(10)23)33-21-19(30)16(18(29)15(6-28)31-21)20-27-14(7-32-20)8-3-12(24)17(26)13(25)4-8/h1-5,7,15-16,18-19,21,28-30H,6H2/t15?,16-,18-,19?,21+/m0/s1. The maximum Gasteiger partial charge on any atom is 0.194 e. The molecule has 2 unspecified atom stereocenters. The van der Waals surface area contributed by atoms with Crippen LogP contribution in [0.5, 0.6) is 0 Å². The van der Waals surface area contributed by atoms with Gasteiger partial charge in [0.15, 0.2) is 17.5 Å². The largest absolute Gasteiger partial charge is 0.394 e. The Labute approximate surface area is 204 Å². The Kier molecular flexibility index (Phi) is 7.56. The van der Waals surface area contributed by atoms with Gasteiger partial charge in [0, 0.05) is 15.8 Å². The van der Waals surface area contributed by atoms with Gasteiger partial charge in [-0.25, -0.2) is 18.2 Å². The van der Waals surface area contributed by atoms with E-state index in [0.717, 1.165) is 35.2 Å². The maximum atomic E-state index is 13.6. The predicted octanol–water partition coefficient (Wildman–Crippen LogP) is 4.85. The number of aromatic nitrogens is 1. The van der Waals surface area contributed by atoms with E-state index in [4.69, 9.17) is 27.9 Å². The first-order valence-electron chi connectivity index (χ1n) is 9.54. The third-order valence-corrected chi connectivity index (χ3v) is 7.95. The van der Waals surface area contributed by atoms with Gasteiger partial charge in [0.05, 0.1) is 34.4 Å². The Balaban J connectivity index is 1.63. The Morgan fingerprint density at radius 1 is 1.03 bits per heavy atom. The van der Waals surface area contributed by atoms with Crippen LogP contribution in [0.2, 0.25) is 10.0 Å². The third-order valence-electron chi connectivity index (χ3n) is 5.11. The number of halogens is 5. The highest BCUT2D eigenvalue weighted by Crippen LogP contribution is 2.42. The van der Waals surface area contributed by atoms with E-state index in [1.807, 2.05) is 0 Å². The zero-order chi connectivity index (χ0) is 23.9. The summed E-state index contributed by atoms with van der Waals surface area (Å²) in [5.41, 5.74) is -0.751. The molecular formula is C21H16Cl2F3NO4S2. The zero-order valence-electron chi connectivity index (χ0n) is 16.5. The molecule has 4 rings (SSSR count). The fourth-order valence-electron chi connectivity index (χ4n) is 3.44. The van der Waals surface area contributed by atoms with Crippen molar-refractivity contribution in [2.75, 3.05) is 6.61 Å². The van der Waals surface area contributed by atoms with Gasteiger partial charge in [0.2, 0.25) is 0 Å². The average molecular weight is 538 g/mol. The highest BCUT2D eigenvalue weighted by atomic mass is 35.5. The summed E-state index contributed by atoms with van der Waals surface area (Å²) >= 11 is 14.2. The molecule has 2 heterocycles. The van der Waals surface area contributed by atoms with Crippen LogP contribution in [0.3, 0.4) is 0 Å². The number of benzene rings is 2. The van der Waals surface area contributed by atoms with E-state index in [1.165, 1.54) is 5.38 Å². The number of aliphatic hydroxyl groups is 3. The van der Waals surface area contributed by atoms with Crippen molar-refractivity contribution < 1.29 is 33.2 Å². The summed E-state index contributed by atoms with van der Waals surface area (Å²) in [5, 5.41) is 33.8. The van der Waals surface area contributed by atoms with E-state index >= 15 is 0 Å². The quantitative estimate of drug-likeness (QED) is 0.403. The molecule has 0 aliphatic carbocycles. The molecule has 3 N–H and O–H groups in total. The lowest BCUT2D eigenvalue weighted by Gasteiger charge is -2.41. The number of rotatable bonds is 5. The van der Waals surface area contributed by atoms with Crippen LogP contribution in [-0.4, -0.2) is 50.7 Å². The second kappa shape index (κ2) is 10.1. The molecule has 176 valence electrons. The van der Waals surface area contributed by atoms with Gasteiger partial charge < -0.3 is 20.1 Å². The topological polar surface area (TPSA) is 82.8 Å². The van der Waals surface area contributed by atoms with E-state index in [-0.39, 0.29) is 16.3 Å². The molecule has 33 heavy (non-hydrogen) atoms. The van der Waals surface area contributed by atoms with Crippen molar-refractivity contribution in [3.05, 3.63) is 68.2 Å². The lowest BCUT2D eigenvalue weighted by molar-refractivity contribution is -0.162. The second-order valence-corrected chi connectivity index (χ2v) is 10.1. The Morgan fingerprint density at radius 2 is 1.73 bits per heavy atom. The van der Waals surface area contributed by atoms with Crippen molar-refractivity contribution in [2.45, 2.75) is 34.6 Å². The molecule has 3 aromatic rings. The number of nitrogens with zero attached hydrogens (tertiary/aromatic N) is 1. The molecule has 1 aromatic heterocycles. The van der Waals surface area contributed by atoms with Crippen LogP contribution >= 0.6 is 46.3 Å². The fraction of sp³-hybridized carbons (Fsp3) is 0.286. The highest BCUT2D eigenvalue weighted by molar-refractivity contribution is 7.99. The van der Waals surface area contributed by atoms with Crippen molar-refractivity contribution in [3.8, 4) is 11.3 Å². The van der Waals surface area contributed by atoms with Crippen LogP contribution in [-0.2, 0) is 4.74 Å². The Morgan fingerprint density at radius 3 is 2.36 bits per heavy atom. The summed E-state index contributed by atoms with van der Waals surface area (Å²) in [6, 6.07) is 6.49. The number of hydrogen-bond donors (Lipinski definition) is 3. The molecule has 0 spiro atoms. The average Bonchev–Trinajstić information content (AvgIpc) is 3.26. The van der Waals surface area contributed by atoms with Crippen molar-refractivity contribution >= 4 is 46.3 Å². The minimum absolute atomic E-state index is 0.00498. The van der Waals surface area contributed by atoms with Crippen LogP contribution in [0.4, 0.5) is 13.2 Å². The molecule has 0 amide bonds. The molecule has 12 heteroatoms. The summed E-state index contributed by atoms with van der Waals surface area (Å²) in [5.74, 6) is -5.27. The minimum Gasteiger partial charge on any atom is -0.394 e. The summed E-state index contributed by atoms with van der Waals surface area (Å²) in [6.45, 7) is -0.518. The van der Waals surface area contributed by atoms with Crippen LogP contribution in [0, 0.1) is 17.5 Å². The highest BCUT2D eigenvalue weighted by Gasteiger charge is 2.46. The van der Waals surface area contributed by atoms with E-state index in [1.54, 1.807) is 18.2 Å². The van der Waals surface area contributed by atoms with E-state index in [0.29, 0.717) is 14.9 Å². The molecular weight excluding hydrogens is 522 g/mol. The molecule has 5 nitrogen and oxygen atoms in total. The van der Waals surface area contributed by atoms with Crippen molar-refractivity contribution in [1.29, 1.82) is 0 Å². The van der Waals surface area contributed by atoms with Crippen molar-refractivity contribution in [3.63, 3.8) is 0 Å². The molecule has 1 saturated heterocycles. The van der Waals surface area contributed by atoms with Crippen LogP contribution in [0.15, 0.2) is 40.6 Å². The molecule has 5 atom stereocenters. The maximum absolute atomic E-state index is 13.6. The normalized spacial score (nSPS) is 25.4. The van der Waals surface area contributed by atoms with Gasteiger partial charge in [-0.05, 0) is 30.3 Å². The fourth-order valence-corrected chi connectivity index (χ4v) is 5.92. The second-order valence-electron chi connectivity index (χ2n) is 7.25. The zero-order valence-corrected chi connectivity index (χ0v) is 19.6. The SMILES string of the molecule is OCC1O[C@H](Sc2ccc(Cl)c(Cl)c2)C(O)[C@@H](c2nc(-c3cc(F)c(F)c(F)c3)cs2)[C@H]1O. The number of aliphatic hydroxyl groups excluding tert-OH is 3. The van der Waals surface area contributed by atoms with Gasteiger partial charge in [-0.2, -0.15) is 0 Å². The first-order valence-corrected chi connectivity index (χ1v) is 12.1. The number of thiazole rings is 1. The van der Waals surface area contributed by atoms with Crippen molar-refractivity contribution in [2.24, 2.45) is 0 Å². The van der Waals surface area contributed by atoms with Gasteiger partial charge in [-0.1, -0.05) is 35.0 Å². The minimum atomic E-state index is -1.59. The molecule has 0 bridgehead atoms. The third kappa shape index (κ3) is 5.03. The summed E-state index contributed by atoms with van der Waals surface area (Å²) in [6.07, 6.45) is -3.59. The van der Waals surface area contributed by atoms with Gasteiger partial charge in [-0.15, -0.1) is 11.3 Å². The smallest absolute Gasteiger partial charge is 0.194 e. The monoisotopic (exact) mass is 537 g/mol. The summed E-state index contributed by atoms with van der Waals surface area (Å²) in [7, 11) is 0. The summed E-state index contributed by atoms with van der Waals surface area (Å²) < 4.78 is 46.3. The van der Waals surface area contributed by atoms with Gasteiger partial charge >= 0.3 is 0 Å². The molecule has 2 aromatic carbocycles. The number of thioether (sulfide) groups is 1. The van der Waals surface area contributed by atoms with Crippen LogP contribution < -0.4 is 0 Å². The lowest BCUT2D eigenvalue weighted by atomic mass is 9.90.